The van der Waals surface area contributed by atoms with Crippen LogP contribution in [0.5, 0.6) is 0 Å². The first-order valence-electron chi connectivity index (χ1n) is 33.9. The number of hydrogen-bond donors (Lipinski definition) is 0. The fourth-order valence-electron chi connectivity index (χ4n) is 10.3. The molecule has 0 N–H and O–H groups in total. The molecular weight excluding hydrogens is 978 g/mol. The average molecular weight is 1110 g/mol. The Hall–Kier alpha value is -1.25. The number of unbranched alkanes of at least 4 members (excludes halogenated alkanes) is 48. The number of esters is 2. The smallest absolute Gasteiger partial charge is 0.306 e. The van der Waals surface area contributed by atoms with Crippen LogP contribution in [0.25, 0.3) is 0 Å². The first-order valence-corrected chi connectivity index (χ1v) is 35.4. The summed E-state index contributed by atoms with van der Waals surface area (Å²) >= 11 is 0. The van der Waals surface area contributed by atoms with Gasteiger partial charge in [0, 0.05) is 12.8 Å². The fraction of sp³-hybridized carbons (Fsp3) is 0.940. The standard InChI is InChI=1S/C67H132NO8P/c1-6-8-10-12-14-16-18-20-22-24-26-27-28-29-30-31-32-33-34-35-36-37-38-39-40-41-42-44-46-48-50-52-54-56-58-60-67(70)76-65(64-75-77(71,72)74-62-61-68(3,4)5)63-73-66(69)59-57-55-53-51-49-47-45-43-25-23-21-19-17-15-13-11-9-7-2/h24,26,65H,6-23,25,27-64H2,1-5H3/b26-24-. The number of carbonyl (C=O) groups excluding carboxylic acids is 2. The first kappa shape index (κ1) is 75.8. The van der Waals surface area contributed by atoms with E-state index in [4.69, 9.17) is 18.5 Å². The molecule has 0 fully saturated rings. The number of quaternary nitrogens is 1. The van der Waals surface area contributed by atoms with E-state index in [-0.39, 0.29) is 32.0 Å². The molecule has 0 heterocycles. The van der Waals surface area contributed by atoms with Crippen LogP contribution in [-0.4, -0.2) is 70.0 Å². The lowest BCUT2D eigenvalue weighted by molar-refractivity contribution is -0.870. The maximum atomic E-state index is 12.8. The molecule has 0 aliphatic rings. The Morgan fingerprint density at radius 3 is 0.961 bits per heavy atom. The molecule has 0 amide bonds. The van der Waals surface area contributed by atoms with E-state index in [1.165, 1.54) is 289 Å². The van der Waals surface area contributed by atoms with E-state index in [0.717, 1.165) is 32.1 Å². The summed E-state index contributed by atoms with van der Waals surface area (Å²) < 4.78 is 34.3. The van der Waals surface area contributed by atoms with Crippen LogP contribution in [0, 0.1) is 0 Å². The van der Waals surface area contributed by atoms with Crippen molar-refractivity contribution in [3.8, 4) is 0 Å². The molecule has 0 aliphatic heterocycles. The van der Waals surface area contributed by atoms with Crippen molar-refractivity contribution in [1.82, 2.24) is 0 Å². The SMILES string of the molecule is CCCCCCCCCC/C=C\CCCCCCCCCCCCCCCCCCCCCCCCCC(=O)OC(COC(=O)CCCCCCCCCCCCCCCCCCCC)COP(=O)([O-])OCC[N+](C)(C)C. The topological polar surface area (TPSA) is 111 Å². The van der Waals surface area contributed by atoms with Gasteiger partial charge in [0.25, 0.3) is 7.82 Å². The molecule has 10 heteroatoms. The summed E-state index contributed by atoms with van der Waals surface area (Å²) in [5, 5.41) is 0. The van der Waals surface area contributed by atoms with E-state index in [2.05, 4.69) is 26.0 Å². The van der Waals surface area contributed by atoms with Gasteiger partial charge in [0.05, 0.1) is 27.7 Å². The van der Waals surface area contributed by atoms with E-state index in [1.54, 1.807) is 0 Å². The molecular formula is C67H132NO8P. The summed E-state index contributed by atoms with van der Waals surface area (Å²) in [6, 6.07) is 0. The zero-order chi connectivity index (χ0) is 56.3. The Morgan fingerprint density at radius 2 is 0.662 bits per heavy atom. The van der Waals surface area contributed by atoms with Crippen molar-refractivity contribution in [2.45, 2.75) is 360 Å². The summed E-state index contributed by atoms with van der Waals surface area (Å²) in [4.78, 5) is 38.0. The Labute approximate surface area is 479 Å². The lowest BCUT2D eigenvalue weighted by Gasteiger charge is -2.28. The van der Waals surface area contributed by atoms with Crippen molar-refractivity contribution in [1.29, 1.82) is 0 Å². The predicted octanol–water partition coefficient (Wildman–Crippen LogP) is 20.9. The van der Waals surface area contributed by atoms with Gasteiger partial charge in [0.1, 0.15) is 19.8 Å². The molecule has 9 nitrogen and oxygen atoms in total. The normalized spacial score (nSPS) is 13.2. The second-order valence-electron chi connectivity index (χ2n) is 24.6. The van der Waals surface area contributed by atoms with Gasteiger partial charge in [-0.1, -0.05) is 315 Å². The highest BCUT2D eigenvalue weighted by Gasteiger charge is 2.22. The lowest BCUT2D eigenvalue weighted by atomic mass is 10.0. The van der Waals surface area contributed by atoms with Crippen LogP contribution in [-0.2, 0) is 32.7 Å². The lowest BCUT2D eigenvalue weighted by Crippen LogP contribution is -2.37. The summed E-state index contributed by atoms with van der Waals surface area (Å²) in [5.41, 5.74) is 0. The van der Waals surface area contributed by atoms with E-state index in [9.17, 15) is 19.0 Å². The van der Waals surface area contributed by atoms with Gasteiger partial charge in [-0.3, -0.25) is 14.2 Å². The molecule has 0 saturated carbocycles. The van der Waals surface area contributed by atoms with E-state index < -0.39 is 26.5 Å². The number of phosphoric ester groups is 1. The highest BCUT2D eigenvalue weighted by molar-refractivity contribution is 7.45. The van der Waals surface area contributed by atoms with E-state index >= 15 is 0 Å². The zero-order valence-electron chi connectivity index (χ0n) is 52.2. The Kier molecular flexibility index (Phi) is 58.4. The quantitative estimate of drug-likeness (QED) is 0.0195. The van der Waals surface area contributed by atoms with Gasteiger partial charge in [-0.15, -0.1) is 0 Å². The summed E-state index contributed by atoms with van der Waals surface area (Å²) in [5.74, 6) is -0.808. The molecule has 0 aromatic carbocycles. The van der Waals surface area contributed by atoms with Gasteiger partial charge in [-0.2, -0.15) is 0 Å². The minimum absolute atomic E-state index is 0.0258. The summed E-state index contributed by atoms with van der Waals surface area (Å²) in [7, 11) is 1.19. The third-order valence-corrected chi connectivity index (χ3v) is 16.5. The van der Waals surface area contributed by atoms with Gasteiger partial charge in [-0.05, 0) is 38.5 Å². The highest BCUT2D eigenvalue weighted by atomic mass is 31.2. The highest BCUT2D eigenvalue weighted by Crippen LogP contribution is 2.38. The molecule has 0 aromatic rings. The first-order chi connectivity index (χ1) is 37.5. The van der Waals surface area contributed by atoms with Crippen molar-refractivity contribution in [3.63, 3.8) is 0 Å². The number of phosphoric acid groups is 1. The van der Waals surface area contributed by atoms with Crippen LogP contribution in [0.3, 0.4) is 0 Å². The molecule has 0 saturated heterocycles. The van der Waals surface area contributed by atoms with Gasteiger partial charge in [-0.25, -0.2) is 0 Å². The maximum absolute atomic E-state index is 12.8. The van der Waals surface area contributed by atoms with Crippen molar-refractivity contribution < 1.29 is 42.1 Å². The molecule has 0 radical (unpaired) electrons. The Bertz CT molecular complexity index is 1300. The van der Waals surface area contributed by atoms with Crippen LogP contribution in [0.4, 0.5) is 0 Å². The monoisotopic (exact) mass is 1110 g/mol. The van der Waals surface area contributed by atoms with Gasteiger partial charge >= 0.3 is 11.9 Å². The fourth-order valence-corrected chi connectivity index (χ4v) is 11.0. The third-order valence-electron chi connectivity index (χ3n) is 15.5. The van der Waals surface area contributed by atoms with E-state index in [1.807, 2.05) is 21.1 Å². The minimum Gasteiger partial charge on any atom is -0.756 e. The summed E-state index contributed by atoms with van der Waals surface area (Å²) in [6.45, 7) is 4.31. The average Bonchev–Trinajstić information content (AvgIpc) is 3.39. The Morgan fingerprint density at radius 1 is 0.390 bits per heavy atom. The van der Waals surface area contributed by atoms with Crippen molar-refractivity contribution >= 4 is 19.8 Å². The van der Waals surface area contributed by atoms with Crippen LogP contribution in [0.15, 0.2) is 12.2 Å². The molecule has 77 heavy (non-hydrogen) atoms. The van der Waals surface area contributed by atoms with E-state index in [0.29, 0.717) is 17.4 Å². The molecule has 458 valence electrons. The number of carbonyl (C=O) groups is 2. The summed E-state index contributed by atoms with van der Waals surface area (Å²) in [6.07, 6.45) is 71.6. The van der Waals surface area contributed by atoms with Crippen LogP contribution < -0.4 is 4.89 Å². The van der Waals surface area contributed by atoms with Crippen LogP contribution in [0.2, 0.25) is 0 Å². The maximum Gasteiger partial charge on any atom is 0.306 e. The molecule has 0 spiro atoms. The second kappa shape index (κ2) is 59.4. The number of ether oxygens (including phenoxy) is 2. The van der Waals surface area contributed by atoms with Crippen LogP contribution >= 0.6 is 7.82 Å². The number of allylic oxidation sites excluding steroid dienone is 2. The molecule has 0 rings (SSSR count). The Balaban J connectivity index is 3.93. The van der Waals surface area contributed by atoms with Crippen molar-refractivity contribution in [2.75, 3.05) is 47.5 Å². The van der Waals surface area contributed by atoms with Crippen molar-refractivity contribution in [2.24, 2.45) is 0 Å². The molecule has 2 atom stereocenters. The molecule has 0 aliphatic carbocycles. The minimum atomic E-state index is -4.63. The van der Waals surface area contributed by atoms with Gasteiger partial charge in [0.2, 0.25) is 0 Å². The van der Waals surface area contributed by atoms with Crippen LogP contribution in [0.1, 0.15) is 354 Å². The predicted molar refractivity (Wildman–Crippen MR) is 328 cm³/mol. The number of nitrogens with zero attached hydrogens (tertiary/aromatic N) is 1. The zero-order valence-corrected chi connectivity index (χ0v) is 53.1. The largest absolute Gasteiger partial charge is 0.756 e. The molecule has 0 bridgehead atoms. The van der Waals surface area contributed by atoms with Crippen molar-refractivity contribution in [3.05, 3.63) is 12.2 Å². The number of rotatable bonds is 64. The number of hydrogen-bond acceptors (Lipinski definition) is 8. The third kappa shape index (κ3) is 63.8. The molecule has 2 unspecified atom stereocenters. The molecule has 0 aromatic heterocycles. The number of likely N-dealkylation sites (N-methyl/N-ethyl adjacent to an activating group) is 1. The second-order valence-corrected chi connectivity index (χ2v) is 26.0. The van der Waals surface area contributed by atoms with Gasteiger partial charge < -0.3 is 27.9 Å². The van der Waals surface area contributed by atoms with Gasteiger partial charge in [0.15, 0.2) is 6.10 Å².